The maximum absolute atomic E-state index is 12.5. The molecule has 0 aliphatic rings. The smallest absolute Gasteiger partial charge is 0.216 e. The first-order valence-electron chi connectivity index (χ1n) is 8.98. The number of hydrogen-bond acceptors (Lipinski definition) is 5. The first kappa shape index (κ1) is 16.7. The lowest BCUT2D eigenvalue weighted by molar-refractivity contribution is 0.0982. The van der Waals surface area contributed by atoms with Crippen LogP contribution in [0, 0.1) is 0 Å². The lowest BCUT2D eigenvalue weighted by Crippen LogP contribution is -2.13. The van der Waals surface area contributed by atoms with Gasteiger partial charge in [0.2, 0.25) is 5.78 Å². The van der Waals surface area contributed by atoms with E-state index in [1.54, 1.807) is 17.4 Å². The van der Waals surface area contributed by atoms with E-state index in [1.807, 2.05) is 66.7 Å². The Balaban J connectivity index is 1.34. The molecule has 5 rings (SSSR count). The molecule has 0 saturated carbocycles. The molecule has 3 aromatic carbocycles. The van der Waals surface area contributed by atoms with Crippen molar-refractivity contribution in [3.63, 3.8) is 0 Å². The van der Waals surface area contributed by atoms with Crippen molar-refractivity contribution < 1.29 is 9.21 Å². The molecule has 28 heavy (non-hydrogen) atoms. The Bertz CT molecular complexity index is 1240. The summed E-state index contributed by atoms with van der Waals surface area (Å²) in [4.78, 5) is 17.2. The number of ketones is 1. The fraction of sp³-hybridized carbons (Fsp3) is 0.0435. The molecule has 0 amide bonds. The van der Waals surface area contributed by atoms with Gasteiger partial charge in [-0.05, 0) is 36.4 Å². The molecule has 0 saturated heterocycles. The van der Waals surface area contributed by atoms with E-state index in [9.17, 15) is 4.79 Å². The van der Waals surface area contributed by atoms with Gasteiger partial charge in [-0.15, -0.1) is 11.3 Å². The Labute approximate surface area is 165 Å². The normalized spacial score (nSPS) is 11.1. The molecular weight excluding hydrogens is 368 g/mol. The van der Waals surface area contributed by atoms with Crippen LogP contribution in [-0.4, -0.2) is 17.3 Å². The second-order valence-corrected chi connectivity index (χ2v) is 7.52. The summed E-state index contributed by atoms with van der Waals surface area (Å²) in [5.41, 5.74) is 3.63. The maximum atomic E-state index is 12.5. The van der Waals surface area contributed by atoms with Crippen molar-refractivity contribution in [2.45, 2.75) is 0 Å². The van der Waals surface area contributed by atoms with Crippen molar-refractivity contribution in [2.24, 2.45) is 0 Å². The molecule has 136 valence electrons. The number of para-hydroxylation sites is 2. The molecule has 5 aromatic rings. The van der Waals surface area contributed by atoms with Gasteiger partial charge >= 0.3 is 0 Å². The van der Waals surface area contributed by atoms with E-state index in [4.69, 9.17) is 9.40 Å². The van der Waals surface area contributed by atoms with Gasteiger partial charge in [-0.3, -0.25) is 4.79 Å². The molecule has 2 aromatic heterocycles. The van der Waals surface area contributed by atoms with Crippen molar-refractivity contribution in [2.75, 3.05) is 11.9 Å². The van der Waals surface area contributed by atoms with Crippen LogP contribution in [0.4, 0.5) is 5.69 Å². The van der Waals surface area contributed by atoms with Gasteiger partial charge < -0.3 is 9.73 Å². The fourth-order valence-corrected chi connectivity index (χ4v) is 4.11. The molecule has 4 nitrogen and oxygen atoms in total. The molecule has 0 aliphatic carbocycles. The van der Waals surface area contributed by atoms with E-state index < -0.39 is 0 Å². The van der Waals surface area contributed by atoms with Crippen LogP contribution in [0.3, 0.4) is 0 Å². The number of nitrogens with one attached hydrogen (secondary N) is 1. The summed E-state index contributed by atoms with van der Waals surface area (Å²) >= 11 is 1.66. The standard InChI is InChI=1S/C23H16N2O2S/c26-19(21-13-15-6-1-3-10-20(15)27-21)14-24-17-8-5-7-16(12-17)23-25-18-9-2-4-11-22(18)28-23/h1-13,24H,14H2. The summed E-state index contributed by atoms with van der Waals surface area (Å²) in [5, 5.41) is 5.10. The van der Waals surface area contributed by atoms with Gasteiger partial charge in [0.05, 0.1) is 16.8 Å². The zero-order valence-electron chi connectivity index (χ0n) is 14.9. The number of carbonyl (C=O) groups excluding carboxylic acids is 1. The zero-order valence-corrected chi connectivity index (χ0v) is 15.7. The summed E-state index contributed by atoms with van der Waals surface area (Å²) in [6.07, 6.45) is 0. The van der Waals surface area contributed by atoms with Gasteiger partial charge in [0.1, 0.15) is 10.6 Å². The molecule has 0 fully saturated rings. The third kappa shape index (κ3) is 3.17. The van der Waals surface area contributed by atoms with Crippen LogP contribution in [0.1, 0.15) is 10.6 Å². The third-order valence-electron chi connectivity index (χ3n) is 4.56. The average Bonchev–Trinajstić information content (AvgIpc) is 3.36. The number of benzene rings is 3. The molecule has 5 heteroatoms. The number of aromatic nitrogens is 1. The second-order valence-electron chi connectivity index (χ2n) is 6.49. The van der Waals surface area contributed by atoms with E-state index in [1.165, 1.54) is 0 Å². The second kappa shape index (κ2) is 6.94. The highest BCUT2D eigenvalue weighted by molar-refractivity contribution is 7.21. The summed E-state index contributed by atoms with van der Waals surface area (Å²) in [6.45, 7) is 0.170. The molecular formula is C23H16N2O2S. The van der Waals surface area contributed by atoms with Gasteiger partial charge in [-0.2, -0.15) is 0 Å². The van der Waals surface area contributed by atoms with Crippen LogP contribution in [0.2, 0.25) is 0 Å². The topological polar surface area (TPSA) is 55.1 Å². The van der Waals surface area contributed by atoms with Crippen LogP contribution in [-0.2, 0) is 0 Å². The van der Waals surface area contributed by atoms with E-state index in [0.717, 1.165) is 37.4 Å². The Kier molecular flexibility index (Phi) is 4.14. The maximum Gasteiger partial charge on any atom is 0.216 e. The molecule has 0 unspecified atom stereocenters. The number of hydrogen-bond donors (Lipinski definition) is 1. The van der Waals surface area contributed by atoms with Crippen molar-refractivity contribution >= 4 is 44.0 Å². The third-order valence-corrected chi connectivity index (χ3v) is 5.64. The highest BCUT2D eigenvalue weighted by atomic mass is 32.1. The summed E-state index contributed by atoms with van der Waals surface area (Å²) in [5.74, 6) is 0.289. The monoisotopic (exact) mass is 384 g/mol. The number of thiazole rings is 1. The van der Waals surface area contributed by atoms with Gasteiger partial charge in [-0.25, -0.2) is 4.98 Å². The Morgan fingerprint density at radius 2 is 1.82 bits per heavy atom. The summed E-state index contributed by atoms with van der Waals surface area (Å²) < 4.78 is 6.81. The Hall–Kier alpha value is -3.44. The molecule has 0 atom stereocenters. The molecule has 0 radical (unpaired) electrons. The highest BCUT2D eigenvalue weighted by Crippen LogP contribution is 2.31. The number of rotatable bonds is 5. The minimum Gasteiger partial charge on any atom is -0.453 e. The molecule has 1 N–H and O–H groups in total. The predicted octanol–water partition coefficient (Wildman–Crippen LogP) is 6.00. The summed E-state index contributed by atoms with van der Waals surface area (Å²) in [6, 6.07) is 25.5. The number of anilines is 1. The molecule has 0 spiro atoms. The lowest BCUT2D eigenvalue weighted by atomic mass is 10.2. The quantitative estimate of drug-likeness (QED) is 0.377. The molecule has 2 heterocycles. The lowest BCUT2D eigenvalue weighted by Gasteiger charge is -2.06. The van der Waals surface area contributed by atoms with Gasteiger partial charge in [-0.1, -0.05) is 42.5 Å². The van der Waals surface area contributed by atoms with E-state index >= 15 is 0 Å². The highest BCUT2D eigenvalue weighted by Gasteiger charge is 2.12. The zero-order chi connectivity index (χ0) is 18.9. The number of furan rings is 1. The Morgan fingerprint density at radius 1 is 0.964 bits per heavy atom. The number of nitrogens with zero attached hydrogens (tertiary/aromatic N) is 1. The predicted molar refractivity (Wildman–Crippen MR) is 114 cm³/mol. The van der Waals surface area contributed by atoms with Gasteiger partial charge in [0.15, 0.2) is 5.76 Å². The van der Waals surface area contributed by atoms with Crippen LogP contribution < -0.4 is 5.32 Å². The van der Waals surface area contributed by atoms with E-state index in [-0.39, 0.29) is 12.3 Å². The largest absolute Gasteiger partial charge is 0.453 e. The van der Waals surface area contributed by atoms with Crippen LogP contribution >= 0.6 is 11.3 Å². The van der Waals surface area contributed by atoms with Crippen LogP contribution in [0.25, 0.3) is 31.8 Å². The molecule has 0 bridgehead atoms. The number of Topliss-reactive ketones (excluding diaryl/α,β-unsaturated/α-hetero) is 1. The van der Waals surface area contributed by atoms with Gasteiger partial charge in [0, 0.05) is 16.6 Å². The first-order valence-corrected chi connectivity index (χ1v) is 9.79. The number of fused-ring (bicyclic) bond motifs is 2. The van der Waals surface area contributed by atoms with Crippen molar-refractivity contribution in [3.8, 4) is 10.6 Å². The van der Waals surface area contributed by atoms with Crippen molar-refractivity contribution in [1.82, 2.24) is 4.98 Å². The van der Waals surface area contributed by atoms with Crippen molar-refractivity contribution in [3.05, 3.63) is 84.6 Å². The Morgan fingerprint density at radius 3 is 2.71 bits per heavy atom. The SMILES string of the molecule is O=C(CNc1cccc(-c2nc3ccccc3s2)c1)c1cc2ccccc2o1. The van der Waals surface area contributed by atoms with Crippen LogP contribution in [0.5, 0.6) is 0 Å². The minimum absolute atomic E-state index is 0.0819. The fourth-order valence-electron chi connectivity index (χ4n) is 3.15. The van der Waals surface area contributed by atoms with Gasteiger partial charge in [0.25, 0.3) is 0 Å². The molecule has 0 aliphatic heterocycles. The van der Waals surface area contributed by atoms with E-state index in [2.05, 4.69) is 11.4 Å². The minimum atomic E-state index is -0.0819. The van der Waals surface area contributed by atoms with E-state index in [0.29, 0.717) is 5.76 Å². The first-order chi connectivity index (χ1) is 13.8. The van der Waals surface area contributed by atoms with Crippen molar-refractivity contribution in [1.29, 1.82) is 0 Å². The number of carbonyl (C=O) groups is 1. The summed E-state index contributed by atoms with van der Waals surface area (Å²) in [7, 11) is 0. The van der Waals surface area contributed by atoms with Crippen LogP contribution in [0.15, 0.2) is 83.3 Å². The average molecular weight is 384 g/mol.